The Bertz CT molecular complexity index is 509. The van der Waals surface area contributed by atoms with Gasteiger partial charge < -0.3 is 5.32 Å². The second-order valence-electron chi connectivity index (χ2n) is 5.20. The van der Waals surface area contributed by atoms with Crippen LogP contribution >= 0.6 is 0 Å². The van der Waals surface area contributed by atoms with Crippen LogP contribution in [0.4, 0.5) is 0 Å². The summed E-state index contributed by atoms with van der Waals surface area (Å²) < 4.78 is 27.0. The highest BCUT2D eigenvalue weighted by Gasteiger charge is 2.37. The zero-order valence-corrected chi connectivity index (χ0v) is 11.7. The molecule has 0 bridgehead atoms. The van der Waals surface area contributed by atoms with Crippen LogP contribution < -0.4 is 10.0 Å². The number of H-pyrrole nitrogens is 1. The molecule has 18 heavy (non-hydrogen) atoms. The fourth-order valence-electron chi connectivity index (χ4n) is 1.72. The van der Waals surface area contributed by atoms with Crippen LogP contribution in [0.25, 0.3) is 0 Å². The standard InChI is InChI=1S/C11H20N4O2S/c1-7(2)12-5-9-6-13-14-11(9)18(16,17)15-10-4-8(10)3/h6-8,10,12,15H,4-5H2,1-3H3,(H,13,14). The van der Waals surface area contributed by atoms with Crippen LogP contribution in [0.5, 0.6) is 0 Å². The Balaban J connectivity index is 2.09. The summed E-state index contributed by atoms with van der Waals surface area (Å²) in [5.74, 6) is 0.430. The third-order valence-electron chi connectivity index (χ3n) is 3.06. The topological polar surface area (TPSA) is 86.9 Å². The van der Waals surface area contributed by atoms with Crippen molar-refractivity contribution in [2.24, 2.45) is 5.92 Å². The molecule has 0 spiro atoms. The number of hydrogen-bond donors (Lipinski definition) is 3. The zero-order chi connectivity index (χ0) is 13.3. The number of nitrogens with one attached hydrogen (secondary N) is 3. The lowest BCUT2D eigenvalue weighted by Crippen LogP contribution is -2.29. The Kier molecular flexibility index (Phi) is 3.74. The van der Waals surface area contributed by atoms with Crippen molar-refractivity contribution >= 4 is 10.0 Å². The van der Waals surface area contributed by atoms with Gasteiger partial charge in [-0.3, -0.25) is 5.10 Å². The summed E-state index contributed by atoms with van der Waals surface area (Å²) in [6.07, 6.45) is 2.47. The van der Waals surface area contributed by atoms with Crippen LogP contribution in [0.2, 0.25) is 0 Å². The molecule has 3 N–H and O–H groups in total. The van der Waals surface area contributed by atoms with Crippen LogP contribution in [0.15, 0.2) is 11.2 Å². The first kappa shape index (κ1) is 13.5. The number of aromatic nitrogens is 2. The second kappa shape index (κ2) is 4.99. The number of sulfonamides is 1. The molecule has 0 amide bonds. The van der Waals surface area contributed by atoms with Crippen molar-refractivity contribution in [3.63, 3.8) is 0 Å². The highest BCUT2D eigenvalue weighted by molar-refractivity contribution is 7.89. The van der Waals surface area contributed by atoms with E-state index in [1.54, 1.807) is 6.20 Å². The Labute approximate surface area is 108 Å². The monoisotopic (exact) mass is 272 g/mol. The molecular weight excluding hydrogens is 252 g/mol. The molecule has 102 valence electrons. The van der Waals surface area contributed by atoms with Gasteiger partial charge in [0.1, 0.15) is 0 Å². The van der Waals surface area contributed by atoms with E-state index in [2.05, 4.69) is 20.2 Å². The quantitative estimate of drug-likeness (QED) is 0.707. The van der Waals surface area contributed by atoms with Crippen LogP contribution in [-0.4, -0.2) is 30.7 Å². The van der Waals surface area contributed by atoms with Crippen molar-refractivity contribution in [2.45, 2.75) is 50.8 Å². The Morgan fingerprint density at radius 3 is 2.78 bits per heavy atom. The van der Waals surface area contributed by atoms with Crippen LogP contribution in [0, 0.1) is 5.92 Å². The maximum Gasteiger partial charge on any atom is 0.258 e. The molecule has 1 saturated carbocycles. The van der Waals surface area contributed by atoms with E-state index in [4.69, 9.17) is 0 Å². The number of hydrogen-bond acceptors (Lipinski definition) is 4. The summed E-state index contributed by atoms with van der Waals surface area (Å²) in [6, 6.07) is 0.371. The SMILES string of the molecule is CC(C)NCc1cn[nH]c1S(=O)(=O)NC1CC1C. The maximum absolute atomic E-state index is 12.1. The zero-order valence-electron chi connectivity index (χ0n) is 10.9. The molecule has 1 aromatic heterocycles. The predicted octanol–water partition coefficient (Wildman–Crippen LogP) is 0.594. The van der Waals surface area contributed by atoms with E-state index in [0.717, 1.165) is 6.42 Å². The summed E-state index contributed by atoms with van der Waals surface area (Å²) in [4.78, 5) is 0. The number of aromatic amines is 1. The molecule has 7 heteroatoms. The summed E-state index contributed by atoms with van der Waals surface area (Å²) in [6.45, 7) is 6.54. The molecule has 1 aliphatic rings. The third kappa shape index (κ3) is 3.09. The molecular formula is C11H20N4O2S. The van der Waals surface area contributed by atoms with Gasteiger partial charge in [-0.1, -0.05) is 20.8 Å². The van der Waals surface area contributed by atoms with Gasteiger partial charge in [0.25, 0.3) is 10.0 Å². The van der Waals surface area contributed by atoms with Gasteiger partial charge in [0.2, 0.25) is 0 Å². The first-order chi connectivity index (χ1) is 8.40. The Morgan fingerprint density at radius 1 is 1.56 bits per heavy atom. The predicted molar refractivity (Wildman–Crippen MR) is 68.5 cm³/mol. The van der Waals surface area contributed by atoms with E-state index >= 15 is 0 Å². The first-order valence-corrected chi connectivity index (χ1v) is 7.66. The van der Waals surface area contributed by atoms with E-state index in [9.17, 15) is 8.42 Å². The lowest BCUT2D eigenvalue weighted by Gasteiger charge is -2.09. The fourth-order valence-corrected chi connectivity index (χ4v) is 3.20. The highest BCUT2D eigenvalue weighted by Crippen LogP contribution is 2.30. The summed E-state index contributed by atoms with van der Waals surface area (Å²) in [5.41, 5.74) is 0.671. The van der Waals surface area contributed by atoms with Crippen LogP contribution in [0.3, 0.4) is 0 Å². The molecule has 1 heterocycles. The molecule has 2 rings (SSSR count). The molecule has 1 aliphatic carbocycles. The minimum atomic E-state index is -3.47. The summed E-state index contributed by atoms with van der Waals surface area (Å²) in [5, 5.41) is 9.77. The molecule has 0 aliphatic heterocycles. The van der Waals surface area contributed by atoms with Crippen LogP contribution in [-0.2, 0) is 16.6 Å². The largest absolute Gasteiger partial charge is 0.310 e. The van der Waals surface area contributed by atoms with Gasteiger partial charge >= 0.3 is 0 Å². The van der Waals surface area contributed by atoms with Crippen molar-refractivity contribution in [3.8, 4) is 0 Å². The molecule has 2 atom stereocenters. The lowest BCUT2D eigenvalue weighted by atomic mass is 10.3. The van der Waals surface area contributed by atoms with Crippen molar-refractivity contribution < 1.29 is 8.42 Å². The van der Waals surface area contributed by atoms with Crippen molar-refractivity contribution in [3.05, 3.63) is 11.8 Å². The van der Waals surface area contributed by atoms with Gasteiger partial charge in [-0.25, -0.2) is 13.1 Å². The van der Waals surface area contributed by atoms with Gasteiger partial charge in [0.15, 0.2) is 5.03 Å². The molecule has 1 fully saturated rings. The summed E-state index contributed by atoms with van der Waals surface area (Å²) in [7, 11) is -3.47. The average molecular weight is 272 g/mol. The Hall–Kier alpha value is -0.920. The number of rotatable bonds is 6. The second-order valence-corrected chi connectivity index (χ2v) is 6.85. The van der Waals surface area contributed by atoms with E-state index in [0.29, 0.717) is 24.1 Å². The van der Waals surface area contributed by atoms with E-state index in [1.807, 2.05) is 20.8 Å². The van der Waals surface area contributed by atoms with E-state index in [-0.39, 0.29) is 11.1 Å². The van der Waals surface area contributed by atoms with Crippen molar-refractivity contribution in [2.75, 3.05) is 0 Å². The smallest absolute Gasteiger partial charge is 0.258 e. The van der Waals surface area contributed by atoms with E-state index in [1.165, 1.54) is 0 Å². The van der Waals surface area contributed by atoms with E-state index < -0.39 is 10.0 Å². The number of nitrogens with zero attached hydrogens (tertiary/aromatic N) is 1. The minimum Gasteiger partial charge on any atom is -0.310 e. The molecule has 2 unspecified atom stereocenters. The van der Waals surface area contributed by atoms with Gasteiger partial charge in [-0.15, -0.1) is 0 Å². The van der Waals surface area contributed by atoms with Gasteiger partial charge in [-0.05, 0) is 12.3 Å². The molecule has 0 aromatic carbocycles. The van der Waals surface area contributed by atoms with Gasteiger partial charge in [0, 0.05) is 24.2 Å². The van der Waals surface area contributed by atoms with Crippen LogP contribution in [0.1, 0.15) is 32.8 Å². The van der Waals surface area contributed by atoms with Crippen molar-refractivity contribution in [1.29, 1.82) is 0 Å². The highest BCUT2D eigenvalue weighted by atomic mass is 32.2. The van der Waals surface area contributed by atoms with Gasteiger partial charge in [0.05, 0.1) is 6.20 Å². The molecule has 6 nitrogen and oxygen atoms in total. The lowest BCUT2D eigenvalue weighted by molar-refractivity contribution is 0.562. The minimum absolute atomic E-state index is 0.0733. The Morgan fingerprint density at radius 2 is 2.22 bits per heavy atom. The molecule has 0 saturated heterocycles. The first-order valence-electron chi connectivity index (χ1n) is 6.18. The normalized spacial score (nSPS) is 23.6. The maximum atomic E-state index is 12.1. The van der Waals surface area contributed by atoms with Crippen molar-refractivity contribution in [1.82, 2.24) is 20.2 Å². The third-order valence-corrected chi connectivity index (χ3v) is 4.57. The van der Waals surface area contributed by atoms with Gasteiger partial charge in [-0.2, -0.15) is 5.10 Å². The summed E-state index contributed by atoms with van der Waals surface area (Å²) >= 11 is 0. The molecule has 0 radical (unpaired) electrons. The average Bonchev–Trinajstić information content (AvgIpc) is 2.81. The molecule has 1 aromatic rings. The fraction of sp³-hybridized carbons (Fsp3) is 0.727.